The number of aryl methyl sites for hydroxylation is 2. The first kappa shape index (κ1) is 22.5. The molecule has 0 saturated heterocycles. The predicted molar refractivity (Wildman–Crippen MR) is 115 cm³/mol. The van der Waals surface area contributed by atoms with Crippen molar-refractivity contribution in [2.24, 2.45) is 0 Å². The Morgan fingerprint density at radius 2 is 1.79 bits per heavy atom. The van der Waals surface area contributed by atoms with Gasteiger partial charge in [0.05, 0.1) is 31.9 Å². The highest BCUT2D eigenvalue weighted by Crippen LogP contribution is 2.31. The van der Waals surface area contributed by atoms with Crippen LogP contribution in [-0.2, 0) is 14.8 Å². The lowest BCUT2D eigenvalue weighted by Gasteiger charge is -2.31. The lowest BCUT2D eigenvalue weighted by molar-refractivity contribution is -0.117. The molecule has 0 unspecified atom stereocenters. The van der Waals surface area contributed by atoms with Gasteiger partial charge in [-0.15, -0.1) is 0 Å². The number of hydrogen-bond donors (Lipinski definition) is 1. The van der Waals surface area contributed by atoms with Crippen LogP contribution in [0.5, 0.6) is 11.5 Å². The van der Waals surface area contributed by atoms with E-state index in [0.29, 0.717) is 29.3 Å². The number of methoxy groups -OCH3 is 2. The first-order valence-corrected chi connectivity index (χ1v) is 11.1. The molecule has 0 aliphatic carbocycles. The number of benzene rings is 2. The van der Waals surface area contributed by atoms with Crippen molar-refractivity contribution in [3.05, 3.63) is 47.5 Å². The van der Waals surface area contributed by atoms with Crippen LogP contribution < -0.4 is 19.1 Å². The summed E-state index contributed by atoms with van der Waals surface area (Å²) in [4.78, 5) is 13.1. The quantitative estimate of drug-likeness (QED) is 0.706. The van der Waals surface area contributed by atoms with Gasteiger partial charge in [-0.3, -0.25) is 9.10 Å². The average Bonchev–Trinajstić information content (AvgIpc) is 2.67. The lowest BCUT2D eigenvalue weighted by atomic mass is 10.1. The molecule has 1 atom stereocenters. The second-order valence-corrected chi connectivity index (χ2v) is 8.69. The van der Waals surface area contributed by atoms with Crippen molar-refractivity contribution in [2.75, 3.05) is 30.1 Å². The van der Waals surface area contributed by atoms with E-state index < -0.39 is 22.0 Å². The van der Waals surface area contributed by atoms with Crippen LogP contribution >= 0.6 is 0 Å². The third kappa shape index (κ3) is 5.20. The number of ether oxygens (including phenoxy) is 2. The van der Waals surface area contributed by atoms with E-state index in [-0.39, 0.29) is 0 Å². The molecule has 2 aromatic carbocycles. The molecule has 158 valence electrons. The summed E-state index contributed by atoms with van der Waals surface area (Å²) in [5.41, 5.74) is 2.61. The molecule has 0 saturated carbocycles. The maximum absolute atomic E-state index is 13.1. The summed E-state index contributed by atoms with van der Waals surface area (Å²) in [6.07, 6.45) is 1.41. The maximum atomic E-state index is 13.1. The van der Waals surface area contributed by atoms with Crippen molar-refractivity contribution in [1.82, 2.24) is 0 Å². The minimum atomic E-state index is -3.71. The van der Waals surface area contributed by atoms with Crippen molar-refractivity contribution in [3.8, 4) is 11.5 Å². The van der Waals surface area contributed by atoms with Gasteiger partial charge in [0.25, 0.3) is 0 Å². The number of sulfonamides is 1. The molecule has 29 heavy (non-hydrogen) atoms. The van der Waals surface area contributed by atoms with E-state index in [1.807, 2.05) is 26.0 Å². The number of rotatable bonds is 8. The molecule has 0 aliphatic heterocycles. The molecular weight excluding hydrogens is 392 g/mol. The van der Waals surface area contributed by atoms with Crippen LogP contribution in [0.4, 0.5) is 11.4 Å². The van der Waals surface area contributed by atoms with Gasteiger partial charge in [-0.2, -0.15) is 0 Å². The molecule has 7 nitrogen and oxygen atoms in total. The van der Waals surface area contributed by atoms with Gasteiger partial charge in [-0.25, -0.2) is 8.42 Å². The summed E-state index contributed by atoms with van der Waals surface area (Å²) in [5, 5.41) is 2.79. The number of amides is 1. The molecule has 2 rings (SSSR count). The van der Waals surface area contributed by atoms with Crippen molar-refractivity contribution >= 4 is 27.3 Å². The number of carbonyl (C=O) groups is 1. The maximum Gasteiger partial charge on any atom is 0.248 e. The zero-order valence-electron chi connectivity index (χ0n) is 17.6. The van der Waals surface area contributed by atoms with Crippen LogP contribution in [0.15, 0.2) is 36.4 Å². The van der Waals surface area contributed by atoms with Crippen molar-refractivity contribution < 1.29 is 22.7 Å². The second kappa shape index (κ2) is 9.17. The number of nitrogens with one attached hydrogen (secondary N) is 1. The Balaban J connectivity index is 2.46. The van der Waals surface area contributed by atoms with E-state index in [9.17, 15) is 13.2 Å². The summed E-state index contributed by atoms with van der Waals surface area (Å²) in [7, 11) is -0.688. The summed E-state index contributed by atoms with van der Waals surface area (Å²) in [6.45, 7) is 5.48. The number of carbonyl (C=O) groups excluding carboxylic acids is 1. The standard InChI is InChI=1S/C21H28N2O5S/c1-7-18(21(24)22-17-11-10-16(27-4)13-20(17)28-5)23(29(6,25)26)19-12-14(2)8-9-15(19)3/h8-13,18H,7H2,1-6H3,(H,22,24)/t18-/m0/s1. The van der Waals surface area contributed by atoms with E-state index in [4.69, 9.17) is 9.47 Å². The second-order valence-electron chi connectivity index (χ2n) is 6.83. The van der Waals surface area contributed by atoms with E-state index in [2.05, 4.69) is 5.32 Å². The number of anilines is 2. The minimum absolute atomic E-state index is 0.296. The molecule has 0 aromatic heterocycles. The van der Waals surface area contributed by atoms with Crippen LogP contribution in [0.25, 0.3) is 0 Å². The van der Waals surface area contributed by atoms with Crippen LogP contribution in [0.1, 0.15) is 24.5 Å². The highest BCUT2D eigenvalue weighted by atomic mass is 32.2. The fraction of sp³-hybridized carbons (Fsp3) is 0.381. The first-order chi connectivity index (χ1) is 13.6. The molecule has 2 aromatic rings. The molecule has 0 radical (unpaired) electrons. The lowest BCUT2D eigenvalue weighted by Crippen LogP contribution is -2.47. The third-order valence-corrected chi connectivity index (χ3v) is 5.76. The Hall–Kier alpha value is -2.74. The van der Waals surface area contributed by atoms with Gasteiger partial charge in [0.2, 0.25) is 15.9 Å². The monoisotopic (exact) mass is 420 g/mol. The van der Waals surface area contributed by atoms with Crippen LogP contribution in [0.2, 0.25) is 0 Å². The van der Waals surface area contributed by atoms with E-state index in [1.165, 1.54) is 18.5 Å². The van der Waals surface area contributed by atoms with Crippen LogP contribution in [-0.4, -0.2) is 40.8 Å². The summed E-state index contributed by atoms with van der Waals surface area (Å²) in [6, 6.07) is 9.61. The molecule has 0 aliphatic rings. The molecule has 8 heteroatoms. The van der Waals surface area contributed by atoms with Gasteiger partial charge in [-0.05, 0) is 49.6 Å². The topological polar surface area (TPSA) is 84.9 Å². The van der Waals surface area contributed by atoms with E-state index in [1.54, 1.807) is 31.2 Å². The number of hydrogen-bond acceptors (Lipinski definition) is 5. The van der Waals surface area contributed by atoms with E-state index in [0.717, 1.165) is 17.4 Å². The van der Waals surface area contributed by atoms with Gasteiger partial charge < -0.3 is 14.8 Å². The predicted octanol–water partition coefficient (Wildman–Crippen LogP) is 3.50. The summed E-state index contributed by atoms with van der Waals surface area (Å²) < 4.78 is 37.0. The van der Waals surface area contributed by atoms with Crippen molar-refractivity contribution in [2.45, 2.75) is 33.2 Å². The number of nitrogens with zero attached hydrogens (tertiary/aromatic N) is 1. The Kier molecular flexibility index (Phi) is 7.13. The normalized spacial score (nSPS) is 12.2. The Morgan fingerprint density at radius 1 is 1.10 bits per heavy atom. The molecule has 0 spiro atoms. The fourth-order valence-corrected chi connectivity index (χ4v) is 4.37. The highest BCUT2D eigenvalue weighted by Gasteiger charge is 2.32. The fourth-order valence-electron chi connectivity index (χ4n) is 3.11. The van der Waals surface area contributed by atoms with Crippen molar-refractivity contribution in [3.63, 3.8) is 0 Å². The molecular formula is C21H28N2O5S. The molecule has 0 bridgehead atoms. The smallest absolute Gasteiger partial charge is 0.248 e. The molecule has 1 amide bonds. The Labute approximate surface area is 172 Å². The third-order valence-electron chi connectivity index (χ3n) is 4.60. The molecule has 0 fully saturated rings. The average molecular weight is 421 g/mol. The van der Waals surface area contributed by atoms with Gasteiger partial charge in [0.15, 0.2) is 0 Å². The Morgan fingerprint density at radius 3 is 2.34 bits per heavy atom. The zero-order valence-corrected chi connectivity index (χ0v) is 18.5. The van der Waals surface area contributed by atoms with Crippen LogP contribution in [0, 0.1) is 13.8 Å². The molecule has 1 N–H and O–H groups in total. The first-order valence-electron chi connectivity index (χ1n) is 9.21. The largest absolute Gasteiger partial charge is 0.497 e. The van der Waals surface area contributed by atoms with Crippen molar-refractivity contribution in [1.29, 1.82) is 0 Å². The van der Waals surface area contributed by atoms with Gasteiger partial charge >= 0.3 is 0 Å². The summed E-state index contributed by atoms with van der Waals surface area (Å²) in [5.74, 6) is 0.563. The van der Waals surface area contributed by atoms with E-state index >= 15 is 0 Å². The zero-order chi connectivity index (χ0) is 21.8. The summed E-state index contributed by atoms with van der Waals surface area (Å²) >= 11 is 0. The van der Waals surface area contributed by atoms with Gasteiger partial charge in [-0.1, -0.05) is 19.1 Å². The highest BCUT2D eigenvalue weighted by molar-refractivity contribution is 7.92. The SMILES string of the molecule is CC[C@@H](C(=O)Nc1ccc(OC)cc1OC)N(c1cc(C)ccc1C)S(C)(=O)=O. The molecule has 0 heterocycles. The van der Waals surface area contributed by atoms with Crippen LogP contribution in [0.3, 0.4) is 0 Å². The van der Waals surface area contributed by atoms with Gasteiger partial charge in [0, 0.05) is 6.07 Å². The Bertz CT molecular complexity index is 989. The van der Waals surface area contributed by atoms with Gasteiger partial charge in [0.1, 0.15) is 17.5 Å². The minimum Gasteiger partial charge on any atom is -0.497 e.